The number of aliphatic hydroxyl groups is 3. The fourth-order valence-electron chi connectivity index (χ4n) is 3.53. The molecule has 0 radical (unpaired) electrons. The molecule has 1 aliphatic heterocycles. The molecule has 2 aromatic rings. The van der Waals surface area contributed by atoms with E-state index in [2.05, 4.69) is 0 Å². The van der Waals surface area contributed by atoms with Gasteiger partial charge in [0.25, 0.3) is 0 Å². The zero-order valence-electron chi connectivity index (χ0n) is 17.5. The van der Waals surface area contributed by atoms with Gasteiger partial charge in [0, 0.05) is 0 Å². The summed E-state index contributed by atoms with van der Waals surface area (Å²) < 4.78 is 20.6. The molecule has 3 rings (SSSR count). The summed E-state index contributed by atoms with van der Waals surface area (Å²) in [6.45, 7) is 1.48. The molecule has 1 fully saturated rings. The lowest BCUT2D eigenvalue weighted by molar-refractivity contribution is -0.232. The lowest BCUT2D eigenvalue weighted by Gasteiger charge is -2.40. The molecule has 8 heteroatoms. The molecule has 2 aromatic carbocycles. The van der Waals surface area contributed by atoms with Gasteiger partial charge in [-0.3, -0.25) is 0 Å². The van der Waals surface area contributed by atoms with Gasteiger partial charge in [-0.25, -0.2) is 4.79 Å². The number of carbonyl (C=O) groups is 1. The highest BCUT2D eigenvalue weighted by atomic mass is 16.7. The van der Waals surface area contributed by atoms with Crippen LogP contribution in [0.25, 0.3) is 0 Å². The fraction of sp³-hybridized carbons (Fsp3) is 0.435. The fourth-order valence-corrected chi connectivity index (χ4v) is 3.53. The van der Waals surface area contributed by atoms with E-state index in [1.54, 1.807) is 20.1 Å². The third-order valence-corrected chi connectivity index (χ3v) is 5.19. The Labute approximate surface area is 180 Å². The minimum atomic E-state index is -1.46. The van der Waals surface area contributed by atoms with Crippen molar-refractivity contribution in [3.8, 4) is 5.75 Å². The van der Waals surface area contributed by atoms with Gasteiger partial charge in [-0.15, -0.1) is 0 Å². The normalized spacial score (nSPS) is 25.6. The first-order valence-corrected chi connectivity index (χ1v) is 10.1. The molecule has 1 aliphatic rings. The maximum atomic E-state index is 11.4. The largest absolute Gasteiger partial charge is 0.508 e. The second kappa shape index (κ2) is 10.6. The second-order valence-corrected chi connectivity index (χ2v) is 7.33. The van der Waals surface area contributed by atoms with Crippen molar-refractivity contribution in [2.75, 3.05) is 20.3 Å². The summed E-state index contributed by atoms with van der Waals surface area (Å²) in [4.78, 5) is 11.4. The van der Waals surface area contributed by atoms with Gasteiger partial charge in [0.1, 0.15) is 42.9 Å². The average Bonchev–Trinajstić information content (AvgIpc) is 2.78. The van der Waals surface area contributed by atoms with E-state index in [0.717, 1.165) is 16.9 Å². The Kier molecular flexibility index (Phi) is 7.86. The van der Waals surface area contributed by atoms with Gasteiger partial charge in [0.2, 0.25) is 0 Å². The van der Waals surface area contributed by atoms with E-state index in [9.17, 15) is 20.1 Å². The maximum Gasteiger partial charge on any atom is 0.508 e. The smallest absolute Gasteiger partial charge is 0.497 e. The van der Waals surface area contributed by atoms with Gasteiger partial charge in [-0.05, 0) is 42.2 Å². The molecule has 0 aromatic heterocycles. The van der Waals surface area contributed by atoms with Crippen LogP contribution < -0.4 is 4.74 Å². The van der Waals surface area contributed by atoms with E-state index in [-0.39, 0.29) is 13.2 Å². The number of aliphatic hydroxyl groups excluding tert-OH is 3. The third-order valence-electron chi connectivity index (χ3n) is 5.19. The average molecular weight is 432 g/mol. The molecular weight excluding hydrogens is 404 g/mol. The summed E-state index contributed by atoms with van der Waals surface area (Å²) in [6.07, 6.45) is -6.37. The van der Waals surface area contributed by atoms with Crippen LogP contribution in [-0.2, 0) is 20.6 Å². The van der Waals surface area contributed by atoms with Crippen LogP contribution in [0.4, 0.5) is 4.79 Å². The van der Waals surface area contributed by atoms with Gasteiger partial charge in [-0.2, -0.15) is 0 Å². The van der Waals surface area contributed by atoms with E-state index < -0.39 is 36.7 Å². The summed E-state index contributed by atoms with van der Waals surface area (Å²) in [6, 6.07) is 15.2. The Morgan fingerprint density at radius 1 is 0.968 bits per heavy atom. The molecule has 31 heavy (non-hydrogen) atoms. The number of ether oxygens (including phenoxy) is 4. The molecule has 8 nitrogen and oxygen atoms in total. The van der Waals surface area contributed by atoms with Crippen LogP contribution in [-0.4, -0.2) is 66.2 Å². The topological polar surface area (TPSA) is 115 Å². The molecule has 0 spiro atoms. The summed E-state index contributed by atoms with van der Waals surface area (Å²) in [5.41, 5.74) is 2.71. The Morgan fingerprint density at radius 2 is 1.71 bits per heavy atom. The Balaban J connectivity index is 1.73. The van der Waals surface area contributed by atoms with Crippen molar-refractivity contribution in [2.24, 2.45) is 0 Å². The van der Waals surface area contributed by atoms with E-state index in [1.165, 1.54) is 0 Å². The lowest BCUT2D eigenvalue weighted by atomic mass is 9.90. The maximum absolute atomic E-state index is 11.4. The molecule has 1 saturated heterocycles. The van der Waals surface area contributed by atoms with Gasteiger partial charge in [0.15, 0.2) is 0 Å². The molecule has 3 N–H and O–H groups in total. The van der Waals surface area contributed by atoms with Crippen LogP contribution in [0.15, 0.2) is 48.5 Å². The first kappa shape index (κ1) is 23.0. The van der Waals surface area contributed by atoms with Crippen molar-refractivity contribution < 1.29 is 39.1 Å². The predicted molar refractivity (Wildman–Crippen MR) is 111 cm³/mol. The minimum absolute atomic E-state index is 0.151. The van der Waals surface area contributed by atoms with Crippen LogP contribution >= 0.6 is 0 Å². The van der Waals surface area contributed by atoms with E-state index in [0.29, 0.717) is 12.0 Å². The van der Waals surface area contributed by atoms with Crippen LogP contribution in [0.2, 0.25) is 0 Å². The standard InChI is InChI=1S/C23H28O8/c1-3-29-23(27)30-13-18-19(24)20(25)21(26)22(31-18)16-6-4-5-15(12-16)11-14-7-9-17(28-2)10-8-14/h4-10,12,18-22,24-26H,3,11,13H2,1-2H3. The quantitative estimate of drug-likeness (QED) is 0.569. The van der Waals surface area contributed by atoms with Crippen LogP contribution in [0.5, 0.6) is 5.75 Å². The highest BCUT2D eigenvalue weighted by Crippen LogP contribution is 2.33. The highest BCUT2D eigenvalue weighted by Gasteiger charge is 2.44. The van der Waals surface area contributed by atoms with E-state index in [1.807, 2.05) is 42.5 Å². The monoisotopic (exact) mass is 432 g/mol. The molecule has 0 bridgehead atoms. The van der Waals surface area contributed by atoms with Crippen LogP contribution in [0.3, 0.4) is 0 Å². The first-order chi connectivity index (χ1) is 14.9. The molecule has 0 amide bonds. The summed E-state index contributed by atoms with van der Waals surface area (Å²) in [5, 5.41) is 31.0. The third kappa shape index (κ3) is 5.74. The van der Waals surface area contributed by atoms with Crippen LogP contribution in [0, 0.1) is 0 Å². The zero-order chi connectivity index (χ0) is 22.4. The molecule has 0 saturated carbocycles. The number of benzene rings is 2. The number of carbonyl (C=O) groups excluding carboxylic acids is 1. The number of hydrogen-bond acceptors (Lipinski definition) is 8. The highest BCUT2D eigenvalue weighted by molar-refractivity contribution is 5.59. The zero-order valence-corrected chi connectivity index (χ0v) is 17.5. The predicted octanol–water partition coefficient (Wildman–Crippen LogP) is 1.98. The molecular formula is C23H28O8. The van der Waals surface area contributed by atoms with Crippen molar-refractivity contribution in [1.82, 2.24) is 0 Å². The van der Waals surface area contributed by atoms with Crippen molar-refractivity contribution in [2.45, 2.75) is 43.9 Å². The summed E-state index contributed by atoms with van der Waals surface area (Å²) in [7, 11) is 1.62. The van der Waals surface area contributed by atoms with Gasteiger partial charge < -0.3 is 34.3 Å². The van der Waals surface area contributed by atoms with Crippen LogP contribution in [0.1, 0.15) is 29.7 Å². The van der Waals surface area contributed by atoms with Crippen molar-refractivity contribution >= 4 is 6.16 Å². The lowest BCUT2D eigenvalue weighted by Crippen LogP contribution is -2.55. The number of hydrogen-bond donors (Lipinski definition) is 3. The summed E-state index contributed by atoms with van der Waals surface area (Å²) >= 11 is 0. The Bertz CT molecular complexity index is 853. The van der Waals surface area contributed by atoms with Gasteiger partial charge in [0.05, 0.1) is 13.7 Å². The first-order valence-electron chi connectivity index (χ1n) is 10.1. The second-order valence-electron chi connectivity index (χ2n) is 7.33. The van der Waals surface area contributed by atoms with E-state index in [4.69, 9.17) is 18.9 Å². The molecule has 5 atom stereocenters. The van der Waals surface area contributed by atoms with Crippen molar-refractivity contribution in [3.63, 3.8) is 0 Å². The Hall–Kier alpha value is -2.65. The Morgan fingerprint density at radius 3 is 2.39 bits per heavy atom. The van der Waals surface area contributed by atoms with Gasteiger partial charge in [-0.1, -0.05) is 36.4 Å². The molecule has 1 heterocycles. The van der Waals surface area contributed by atoms with Gasteiger partial charge >= 0.3 is 6.16 Å². The number of rotatable bonds is 7. The molecule has 5 unspecified atom stereocenters. The summed E-state index contributed by atoms with van der Waals surface area (Å²) in [5.74, 6) is 0.778. The SMILES string of the molecule is CCOC(=O)OCC1OC(c2cccc(Cc3ccc(OC)cc3)c2)C(O)C(O)C1O. The minimum Gasteiger partial charge on any atom is -0.497 e. The molecule has 0 aliphatic carbocycles. The number of methoxy groups -OCH3 is 1. The molecule has 168 valence electrons. The van der Waals surface area contributed by atoms with Crippen molar-refractivity contribution in [1.29, 1.82) is 0 Å². The van der Waals surface area contributed by atoms with E-state index >= 15 is 0 Å². The van der Waals surface area contributed by atoms with Crippen molar-refractivity contribution in [3.05, 3.63) is 65.2 Å².